The minimum absolute atomic E-state index is 0.0474. The van der Waals surface area contributed by atoms with Crippen LogP contribution in [0.15, 0.2) is 30.9 Å². The van der Waals surface area contributed by atoms with E-state index in [4.69, 9.17) is 5.26 Å². The molecule has 2 amide bonds. The molecule has 0 aliphatic rings. The van der Waals surface area contributed by atoms with Gasteiger partial charge >= 0.3 is 6.18 Å². The molecule has 0 aliphatic carbocycles. The molecular formula is C22H20F4N4O3. The molecular weight excluding hydrogens is 444 g/mol. The standard InChI is InChI=1S/C22H20F4N4O3/c1-6-21(4,22(24,25)26)29-20(33)18(31)16-11(2)17(30(5)12(16)3)19(32)28-14-7-8-15(23)13(9-14)10-27/h6-9H,1H2,2-5H3,(H,28,32)(H,29,33). The van der Waals surface area contributed by atoms with Gasteiger partial charge < -0.3 is 15.2 Å². The summed E-state index contributed by atoms with van der Waals surface area (Å²) in [4.78, 5) is 37.9. The number of ketones is 1. The molecule has 1 aromatic carbocycles. The fraction of sp³-hybridized carbons (Fsp3) is 0.273. The second kappa shape index (κ2) is 8.90. The molecule has 1 unspecified atom stereocenters. The predicted octanol–water partition coefficient (Wildman–Crippen LogP) is 3.71. The number of halogens is 4. The summed E-state index contributed by atoms with van der Waals surface area (Å²) < 4.78 is 54.6. The Balaban J connectivity index is 2.40. The number of benzene rings is 1. The lowest BCUT2D eigenvalue weighted by Gasteiger charge is -2.29. The Morgan fingerprint density at radius 1 is 1.21 bits per heavy atom. The Morgan fingerprint density at radius 2 is 1.82 bits per heavy atom. The van der Waals surface area contributed by atoms with E-state index in [0.29, 0.717) is 13.0 Å². The Labute approximate surface area is 186 Å². The van der Waals surface area contributed by atoms with Crippen LogP contribution in [0.1, 0.15) is 44.6 Å². The van der Waals surface area contributed by atoms with Crippen molar-refractivity contribution in [2.24, 2.45) is 7.05 Å². The highest BCUT2D eigenvalue weighted by Crippen LogP contribution is 2.31. The highest BCUT2D eigenvalue weighted by molar-refractivity contribution is 6.43. The maximum atomic E-state index is 13.5. The zero-order valence-corrected chi connectivity index (χ0v) is 18.1. The lowest BCUT2D eigenvalue weighted by molar-refractivity contribution is -0.178. The second-order valence-electron chi connectivity index (χ2n) is 7.44. The van der Waals surface area contributed by atoms with Crippen LogP contribution in [0.2, 0.25) is 0 Å². The number of Topliss-reactive ketones (excluding diaryl/α,β-unsaturated/α-hetero) is 1. The average Bonchev–Trinajstić information content (AvgIpc) is 2.96. The molecule has 1 aromatic heterocycles. The van der Waals surface area contributed by atoms with Crippen molar-refractivity contribution in [3.05, 3.63) is 64.7 Å². The summed E-state index contributed by atoms with van der Waals surface area (Å²) in [6, 6.07) is 4.98. The number of amides is 2. The molecule has 0 saturated heterocycles. The quantitative estimate of drug-likeness (QED) is 0.294. The predicted molar refractivity (Wildman–Crippen MR) is 111 cm³/mol. The first-order valence-electron chi connectivity index (χ1n) is 9.42. The van der Waals surface area contributed by atoms with E-state index in [1.165, 1.54) is 31.5 Å². The summed E-state index contributed by atoms with van der Waals surface area (Å²) in [5.41, 5.74) is -3.08. The van der Waals surface area contributed by atoms with E-state index in [1.54, 1.807) is 11.4 Å². The van der Waals surface area contributed by atoms with Crippen LogP contribution >= 0.6 is 0 Å². The largest absolute Gasteiger partial charge is 0.414 e. The SMILES string of the molecule is C=CC(C)(NC(=O)C(=O)c1c(C)c(C(=O)Nc2ccc(F)c(C#N)c2)n(C)c1C)C(F)(F)F. The molecule has 1 heterocycles. The Bertz CT molecular complexity index is 1210. The number of nitrogens with zero attached hydrogens (tertiary/aromatic N) is 2. The van der Waals surface area contributed by atoms with Gasteiger partial charge in [0.2, 0.25) is 0 Å². The third-order valence-corrected chi connectivity index (χ3v) is 5.29. The van der Waals surface area contributed by atoms with Crippen molar-refractivity contribution in [3.8, 4) is 6.07 Å². The number of aromatic nitrogens is 1. The van der Waals surface area contributed by atoms with Crippen molar-refractivity contribution in [2.75, 3.05) is 5.32 Å². The number of hydrogen-bond acceptors (Lipinski definition) is 4. The number of rotatable bonds is 6. The molecule has 2 aromatic rings. The summed E-state index contributed by atoms with van der Waals surface area (Å²) in [6.45, 7) is 6.52. The lowest BCUT2D eigenvalue weighted by atomic mass is 9.99. The van der Waals surface area contributed by atoms with Crippen molar-refractivity contribution in [3.63, 3.8) is 0 Å². The molecule has 0 saturated carbocycles. The zero-order chi connectivity index (χ0) is 25.3. The van der Waals surface area contributed by atoms with Crippen LogP contribution in [0.25, 0.3) is 0 Å². The van der Waals surface area contributed by atoms with Crippen molar-refractivity contribution >= 4 is 23.3 Å². The second-order valence-corrected chi connectivity index (χ2v) is 7.44. The van der Waals surface area contributed by atoms with Crippen molar-refractivity contribution < 1.29 is 31.9 Å². The van der Waals surface area contributed by atoms with E-state index in [9.17, 15) is 31.9 Å². The number of carbonyl (C=O) groups is 3. The minimum Gasteiger partial charge on any atom is -0.343 e. The molecule has 2 rings (SSSR count). The molecule has 0 fully saturated rings. The summed E-state index contributed by atoms with van der Waals surface area (Å²) in [6.07, 6.45) is -4.42. The zero-order valence-electron chi connectivity index (χ0n) is 18.1. The average molecular weight is 464 g/mol. The van der Waals surface area contributed by atoms with Crippen LogP contribution in [0.5, 0.6) is 0 Å². The third-order valence-electron chi connectivity index (χ3n) is 5.29. The van der Waals surface area contributed by atoms with Crippen LogP contribution in [0.3, 0.4) is 0 Å². The van der Waals surface area contributed by atoms with Crippen LogP contribution < -0.4 is 10.6 Å². The smallest absolute Gasteiger partial charge is 0.343 e. The van der Waals surface area contributed by atoms with E-state index in [-0.39, 0.29) is 33.8 Å². The fourth-order valence-corrected chi connectivity index (χ4v) is 3.16. The van der Waals surface area contributed by atoms with Crippen molar-refractivity contribution in [1.82, 2.24) is 9.88 Å². The molecule has 2 N–H and O–H groups in total. The molecule has 174 valence electrons. The molecule has 0 radical (unpaired) electrons. The highest BCUT2D eigenvalue weighted by atomic mass is 19.4. The van der Waals surface area contributed by atoms with Gasteiger partial charge in [0.25, 0.3) is 17.6 Å². The van der Waals surface area contributed by atoms with Gasteiger partial charge in [0.1, 0.15) is 17.6 Å². The first kappa shape index (κ1) is 25.3. The van der Waals surface area contributed by atoms with E-state index in [2.05, 4.69) is 11.9 Å². The van der Waals surface area contributed by atoms with Crippen LogP contribution in [0, 0.1) is 31.0 Å². The number of nitriles is 1. The normalized spacial score (nSPS) is 12.9. The Hall–Kier alpha value is -3.94. The number of alkyl halides is 3. The number of nitrogens with one attached hydrogen (secondary N) is 2. The van der Waals surface area contributed by atoms with Gasteiger partial charge in [0.15, 0.2) is 5.54 Å². The highest BCUT2D eigenvalue weighted by Gasteiger charge is 2.51. The summed E-state index contributed by atoms with van der Waals surface area (Å²) >= 11 is 0. The first-order valence-corrected chi connectivity index (χ1v) is 9.42. The molecule has 0 bridgehead atoms. The maximum absolute atomic E-state index is 13.5. The monoisotopic (exact) mass is 464 g/mol. The number of hydrogen-bond donors (Lipinski definition) is 2. The first-order chi connectivity index (χ1) is 15.2. The summed E-state index contributed by atoms with van der Waals surface area (Å²) in [5.74, 6) is -4.29. The lowest BCUT2D eigenvalue weighted by Crippen LogP contribution is -2.56. The van der Waals surface area contributed by atoms with E-state index in [1.807, 2.05) is 0 Å². The van der Waals surface area contributed by atoms with Gasteiger partial charge in [-0.15, -0.1) is 6.58 Å². The van der Waals surface area contributed by atoms with Gasteiger partial charge in [-0.3, -0.25) is 14.4 Å². The van der Waals surface area contributed by atoms with E-state index >= 15 is 0 Å². The van der Waals surface area contributed by atoms with Gasteiger partial charge in [0, 0.05) is 18.4 Å². The molecule has 0 spiro atoms. The Morgan fingerprint density at radius 3 is 2.33 bits per heavy atom. The topological polar surface area (TPSA) is 104 Å². The van der Waals surface area contributed by atoms with Gasteiger partial charge in [0.05, 0.1) is 11.1 Å². The summed E-state index contributed by atoms with van der Waals surface area (Å²) in [5, 5.41) is 13.0. The van der Waals surface area contributed by atoms with Crippen LogP contribution in [0.4, 0.5) is 23.2 Å². The number of anilines is 1. The molecule has 1 atom stereocenters. The van der Waals surface area contributed by atoms with Crippen molar-refractivity contribution in [1.29, 1.82) is 5.26 Å². The fourth-order valence-electron chi connectivity index (χ4n) is 3.16. The van der Waals surface area contributed by atoms with Gasteiger partial charge in [-0.05, 0) is 44.5 Å². The van der Waals surface area contributed by atoms with Crippen LogP contribution in [-0.2, 0) is 11.8 Å². The Kier molecular flexibility index (Phi) is 6.83. The molecule has 7 nitrogen and oxygen atoms in total. The molecule has 11 heteroatoms. The minimum atomic E-state index is -4.89. The molecule has 33 heavy (non-hydrogen) atoms. The number of carbonyl (C=O) groups excluding carboxylic acids is 3. The van der Waals surface area contributed by atoms with Crippen LogP contribution in [-0.4, -0.2) is 33.9 Å². The van der Waals surface area contributed by atoms with Crippen molar-refractivity contribution in [2.45, 2.75) is 32.5 Å². The maximum Gasteiger partial charge on any atom is 0.414 e. The van der Waals surface area contributed by atoms with Gasteiger partial charge in [-0.2, -0.15) is 18.4 Å². The van der Waals surface area contributed by atoms with Gasteiger partial charge in [-0.25, -0.2) is 4.39 Å². The third kappa shape index (κ3) is 4.64. The summed E-state index contributed by atoms with van der Waals surface area (Å²) in [7, 11) is 1.43. The van der Waals surface area contributed by atoms with E-state index in [0.717, 1.165) is 12.1 Å². The van der Waals surface area contributed by atoms with Gasteiger partial charge in [-0.1, -0.05) is 6.08 Å². The molecule has 0 aliphatic heterocycles. The van der Waals surface area contributed by atoms with E-state index < -0.39 is 35.1 Å².